The van der Waals surface area contributed by atoms with E-state index in [2.05, 4.69) is 21.2 Å². The summed E-state index contributed by atoms with van der Waals surface area (Å²) in [6, 6.07) is 8.45. The van der Waals surface area contributed by atoms with Gasteiger partial charge in [-0.25, -0.2) is 9.69 Å². The number of nitrogens with two attached hydrogens (primary N) is 1. The molecule has 2 aromatic carbocycles. The number of hydrogen-bond acceptors (Lipinski definition) is 7. The number of benzene rings is 2. The van der Waals surface area contributed by atoms with Crippen LogP contribution >= 0.6 is 15.9 Å². The van der Waals surface area contributed by atoms with E-state index < -0.39 is 30.4 Å². The van der Waals surface area contributed by atoms with E-state index in [4.69, 9.17) is 19.9 Å². The smallest absolute Gasteiger partial charge is 0.335 e. The fraction of sp³-hybridized carbons (Fsp3) is 0.217. The van der Waals surface area contributed by atoms with Crippen LogP contribution in [0.4, 0.5) is 10.5 Å². The molecule has 0 aromatic heterocycles. The predicted octanol–water partition coefficient (Wildman–Crippen LogP) is 2.78. The molecule has 1 fully saturated rings. The number of primary amides is 1. The van der Waals surface area contributed by atoms with Crippen LogP contribution in [0.3, 0.4) is 0 Å². The van der Waals surface area contributed by atoms with Crippen molar-refractivity contribution >= 4 is 51.4 Å². The minimum atomic E-state index is -0.907. The number of urea groups is 1. The van der Waals surface area contributed by atoms with Gasteiger partial charge in [0.2, 0.25) is 0 Å². The van der Waals surface area contributed by atoms with Crippen molar-refractivity contribution in [1.82, 2.24) is 5.32 Å². The number of carbonyl (C=O) groups is 4. The van der Waals surface area contributed by atoms with Gasteiger partial charge in [0.1, 0.15) is 11.3 Å². The largest absolute Gasteiger partial charge is 0.493 e. The lowest BCUT2D eigenvalue weighted by molar-refractivity contribution is -0.123. The molecule has 2 aromatic rings. The average molecular weight is 532 g/mol. The molecule has 1 aliphatic rings. The third-order valence-corrected chi connectivity index (χ3v) is 5.10. The topological polar surface area (TPSA) is 137 Å². The van der Waals surface area contributed by atoms with Gasteiger partial charge in [-0.1, -0.05) is 22.9 Å². The summed E-state index contributed by atoms with van der Waals surface area (Å²) in [6.07, 6.45) is 2.06. The number of nitrogens with one attached hydrogen (secondary N) is 1. The molecule has 1 heterocycles. The van der Waals surface area contributed by atoms with Gasteiger partial charge in [-0.15, -0.1) is 0 Å². The van der Waals surface area contributed by atoms with Gasteiger partial charge < -0.3 is 19.9 Å². The highest BCUT2D eigenvalue weighted by atomic mass is 79.9. The zero-order chi connectivity index (χ0) is 24.8. The van der Waals surface area contributed by atoms with Crippen molar-refractivity contribution < 1.29 is 33.4 Å². The van der Waals surface area contributed by atoms with Crippen molar-refractivity contribution in [3.8, 4) is 17.2 Å². The second-order valence-corrected chi connectivity index (χ2v) is 7.99. The van der Waals surface area contributed by atoms with Crippen molar-refractivity contribution in [2.45, 2.75) is 13.3 Å². The van der Waals surface area contributed by atoms with Crippen molar-refractivity contribution in [2.24, 2.45) is 5.73 Å². The Labute approximate surface area is 203 Å². The molecule has 10 nitrogen and oxygen atoms in total. The third-order valence-electron chi connectivity index (χ3n) is 4.61. The van der Waals surface area contributed by atoms with Gasteiger partial charge in [0.15, 0.2) is 18.1 Å². The lowest BCUT2D eigenvalue weighted by Gasteiger charge is -2.27. The maximum Gasteiger partial charge on any atom is 0.335 e. The number of carbonyl (C=O) groups excluding carboxylic acids is 4. The Balaban J connectivity index is 2.00. The van der Waals surface area contributed by atoms with E-state index in [9.17, 15) is 19.2 Å². The molecule has 0 aliphatic carbocycles. The minimum absolute atomic E-state index is 0.182. The van der Waals surface area contributed by atoms with Crippen molar-refractivity contribution in [2.75, 3.05) is 25.2 Å². The van der Waals surface area contributed by atoms with E-state index in [1.54, 1.807) is 24.3 Å². The van der Waals surface area contributed by atoms with Crippen LogP contribution in [0.25, 0.3) is 6.08 Å². The van der Waals surface area contributed by atoms with Crippen molar-refractivity contribution in [3.63, 3.8) is 0 Å². The van der Waals surface area contributed by atoms with Crippen LogP contribution < -0.4 is 30.2 Å². The number of methoxy groups -OCH3 is 1. The molecule has 34 heavy (non-hydrogen) atoms. The number of nitrogens with zero attached hydrogens (tertiary/aromatic N) is 1. The Morgan fingerprint density at radius 1 is 1.09 bits per heavy atom. The van der Waals surface area contributed by atoms with Gasteiger partial charge in [-0.2, -0.15) is 0 Å². The summed E-state index contributed by atoms with van der Waals surface area (Å²) in [5.74, 6) is -1.41. The number of ether oxygens (including phenoxy) is 3. The predicted molar refractivity (Wildman–Crippen MR) is 127 cm³/mol. The summed E-state index contributed by atoms with van der Waals surface area (Å²) in [7, 11) is 1.44. The Kier molecular flexibility index (Phi) is 7.90. The number of imide groups is 2. The van der Waals surface area contributed by atoms with E-state index in [0.717, 1.165) is 11.3 Å². The summed E-state index contributed by atoms with van der Waals surface area (Å²) in [5, 5.41) is 2.16. The second kappa shape index (κ2) is 10.8. The van der Waals surface area contributed by atoms with Gasteiger partial charge in [-0.05, 0) is 42.8 Å². The summed E-state index contributed by atoms with van der Waals surface area (Å²) >= 11 is 3.32. The van der Waals surface area contributed by atoms with E-state index in [-0.39, 0.29) is 17.0 Å². The average Bonchev–Trinajstić information content (AvgIpc) is 2.79. The zero-order valence-corrected chi connectivity index (χ0v) is 20.0. The number of anilines is 1. The number of amides is 5. The molecule has 0 atom stereocenters. The molecule has 3 rings (SSSR count). The van der Waals surface area contributed by atoms with Gasteiger partial charge >= 0.3 is 6.03 Å². The Morgan fingerprint density at radius 2 is 1.82 bits per heavy atom. The van der Waals surface area contributed by atoms with Crippen LogP contribution in [0.1, 0.15) is 18.9 Å². The Morgan fingerprint density at radius 3 is 2.50 bits per heavy atom. The minimum Gasteiger partial charge on any atom is -0.493 e. The SMILES string of the molecule is CCCOc1ccc(N2C(=O)NC(=O)/C(=C\c3cc(Br)ccc3OCC(N)=O)C2=O)cc1OC. The van der Waals surface area contributed by atoms with E-state index in [1.165, 1.54) is 25.3 Å². The lowest BCUT2D eigenvalue weighted by Crippen LogP contribution is -2.54. The molecule has 3 N–H and O–H groups in total. The van der Waals surface area contributed by atoms with Crippen LogP contribution in [0.2, 0.25) is 0 Å². The number of halogens is 1. The summed E-state index contributed by atoms with van der Waals surface area (Å²) in [4.78, 5) is 50.3. The molecular formula is C23H22BrN3O7. The highest BCUT2D eigenvalue weighted by Gasteiger charge is 2.37. The first-order valence-electron chi connectivity index (χ1n) is 10.2. The molecule has 0 spiro atoms. The van der Waals surface area contributed by atoms with Crippen LogP contribution in [-0.4, -0.2) is 44.1 Å². The van der Waals surface area contributed by atoms with Crippen LogP contribution in [0.15, 0.2) is 46.4 Å². The van der Waals surface area contributed by atoms with E-state index >= 15 is 0 Å². The number of hydrogen-bond donors (Lipinski definition) is 2. The monoisotopic (exact) mass is 531 g/mol. The third kappa shape index (κ3) is 5.54. The first kappa shape index (κ1) is 24.8. The summed E-state index contributed by atoms with van der Waals surface area (Å²) in [6.45, 7) is 2.03. The summed E-state index contributed by atoms with van der Waals surface area (Å²) in [5.41, 5.74) is 5.33. The quantitative estimate of drug-likeness (QED) is 0.374. The number of barbiturate groups is 1. The normalized spacial score (nSPS) is 14.7. The van der Waals surface area contributed by atoms with Gasteiger partial charge in [0.25, 0.3) is 17.7 Å². The molecule has 5 amide bonds. The molecule has 0 bridgehead atoms. The molecule has 0 saturated carbocycles. The van der Waals surface area contributed by atoms with Gasteiger partial charge in [-0.3, -0.25) is 19.7 Å². The standard InChI is InChI=1S/C23H22BrN3O7/c1-3-8-33-18-7-5-15(11-19(18)32-2)27-22(30)16(21(29)26-23(27)31)10-13-9-14(24)4-6-17(13)34-12-20(25)28/h4-7,9-11H,3,8,12H2,1-2H3,(H2,25,28)(H,26,29,31)/b16-10+. The first-order chi connectivity index (χ1) is 16.2. The molecule has 0 radical (unpaired) electrons. The lowest BCUT2D eigenvalue weighted by atomic mass is 10.1. The fourth-order valence-electron chi connectivity index (χ4n) is 3.09. The molecule has 1 aliphatic heterocycles. The highest BCUT2D eigenvalue weighted by Crippen LogP contribution is 2.34. The summed E-state index contributed by atoms with van der Waals surface area (Å²) < 4.78 is 17.0. The Hall–Kier alpha value is -3.86. The van der Waals surface area contributed by atoms with Crippen LogP contribution in [-0.2, 0) is 14.4 Å². The maximum absolute atomic E-state index is 13.2. The fourth-order valence-corrected chi connectivity index (χ4v) is 3.47. The van der Waals surface area contributed by atoms with Gasteiger partial charge in [0.05, 0.1) is 19.4 Å². The molecule has 178 valence electrons. The number of rotatable bonds is 9. The van der Waals surface area contributed by atoms with Crippen molar-refractivity contribution in [1.29, 1.82) is 0 Å². The van der Waals surface area contributed by atoms with Crippen LogP contribution in [0.5, 0.6) is 17.2 Å². The van der Waals surface area contributed by atoms with E-state index in [1.807, 2.05) is 6.92 Å². The second-order valence-electron chi connectivity index (χ2n) is 7.08. The molecule has 11 heteroatoms. The van der Waals surface area contributed by atoms with Gasteiger partial charge in [0, 0.05) is 16.1 Å². The van der Waals surface area contributed by atoms with Crippen molar-refractivity contribution in [3.05, 3.63) is 52.0 Å². The molecular weight excluding hydrogens is 510 g/mol. The zero-order valence-electron chi connectivity index (χ0n) is 18.4. The molecule has 1 saturated heterocycles. The molecule has 0 unspecified atom stereocenters. The van der Waals surface area contributed by atoms with Crippen LogP contribution in [0, 0.1) is 0 Å². The highest BCUT2D eigenvalue weighted by molar-refractivity contribution is 9.10. The first-order valence-corrected chi connectivity index (χ1v) is 11.0. The maximum atomic E-state index is 13.2. The Bertz CT molecular complexity index is 1180. The van der Waals surface area contributed by atoms with E-state index in [0.29, 0.717) is 28.1 Å².